The molecule has 1 amide bonds. The maximum Gasteiger partial charge on any atom is 0.257 e. The molecule has 0 bridgehead atoms. The molecule has 0 saturated heterocycles. The average molecular weight is 344 g/mol. The highest BCUT2D eigenvalue weighted by atomic mass is 35.5. The highest BCUT2D eigenvalue weighted by Gasteiger charge is 2.13. The van der Waals surface area contributed by atoms with Crippen LogP contribution in [0.3, 0.4) is 0 Å². The smallest absolute Gasteiger partial charge is 0.257 e. The van der Waals surface area contributed by atoms with Gasteiger partial charge in [-0.2, -0.15) is 0 Å². The number of nitrogens with one attached hydrogen (secondary N) is 2. The van der Waals surface area contributed by atoms with Crippen LogP contribution >= 0.6 is 23.4 Å². The number of amides is 1. The molecule has 0 fully saturated rings. The zero-order chi connectivity index (χ0) is 16.2. The van der Waals surface area contributed by atoms with Crippen LogP contribution < -0.4 is 10.7 Å². The van der Waals surface area contributed by atoms with Crippen molar-refractivity contribution in [2.24, 2.45) is 5.10 Å². The first-order chi connectivity index (χ1) is 11.1. The first-order valence-corrected chi connectivity index (χ1v) is 8.22. The van der Waals surface area contributed by atoms with Crippen LogP contribution in [0.2, 0.25) is 5.02 Å². The van der Waals surface area contributed by atoms with Crippen LogP contribution in [0.5, 0.6) is 0 Å². The molecule has 4 nitrogen and oxygen atoms in total. The standard InChI is InChI=1S/C17H14ClN3OS/c1-11-2-4-12(5-3-11)15-10-23-17(21-20-15)19-16(22)13-6-8-14(18)9-7-13/h2-10,20H,1H3,(H,19,21,22). The fraction of sp³-hybridized carbons (Fsp3) is 0.0588. The summed E-state index contributed by atoms with van der Waals surface area (Å²) in [4.78, 5) is 12.1. The van der Waals surface area contributed by atoms with Crippen molar-refractivity contribution in [3.8, 4) is 0 Å². The Morgan fingerprint density at radius 3 is 2.43 bits per heavy atom. The second-order valence-electron chi connectivity index (χ2n) is 5.01. The number of hydrogen-bond donors (Lipinski definition) is 2. The Morgan fingerprint density at radius 2 is 1.83 bits per heavy atom. The van der Waals surface area contributed by atoms with Gasteiger partial charge in [0.2, 0.25) is 0 Å². The molecular weight excluding hydrogens is 330 g/mol. The third-order valence-corrected chi connectivity index (χ3v) is 4.28. The first-order valence-electron chi connectivity index (χ1n) is 6.96. The number of rotatable bonds is 2. The largest absolute Gasteiger partial charge is 0.299 e. The molecule has 2 N–H and O–H groups in total. The lowest BCUT2D eigenvalue weighted by Crippen LogP contribution is -2.31. The Hall–Kier alpha value is -2.24. The van der Waals surface area contributed by atoms with E-state index in [1.807, 2.05) is 36.6 Å². The van der Waals surface area contributed by atoms with Crippen LogP contribution in [0.1, 0.15) is 21.5 Å². The molecule has 1 heterocycles. The average Bonchev–Trinajstić information content (AvgIpc) is 2.57. The molecule has 3 rings (SSSR count). The molecule has 2 aromatic rings. The Kier molecular flexibility index (Phi) is 4.69. The van der Waals surface area contributed by atoms with Crippen molar-refractivity contribution in [1.82, 2.24) is 10.7 Å². The van der Waals surface area contributed by atoms with Gasteiger partial charge >= 0.3 is 0 Å². The van der Waals surface area contributed by atoms with Crippen molar-refractivity contribution in [2.75, 3.05) is 0 Å². The molecule has 0 atom stereocenters. The number of hydrogen-bond acceptors (Lipinski definition) is 4. The summed E-state index contributed by atoms with van der Waals surface area (Å²) in [6, 6.07) is 14.9. The van der Waals surface area contributed by atoms with Crippen molar-refractivity contribution < 1.29 is 4.79 Å². The maximum atomic E-state index is 12.1. The van der Waals surface area contributed by atoms with Gasteiger partial charge in [0.25, 0.3) is 5.91 Å². The van der Waals surface area contributed by atoms with Crippen molar-refractivity contribution in [3.05, 3.63) is 75.7 Å². The van der Waals surface area contributed by atoms with E-state index in [1.54, 1.807) is 24.3 Å². The predicted molar refractivity (Wildman–Crippen MR) is 96.2 cm³/mol. The third kappa shape index (κ3) is 3.94. The fourth-order valence-electron chi connectivity index (χ4n) is 1.97. The Balaban J connectivity index is 1.63. The first kappa shape index (κ1) is 15.6. The molecule has 0 saturated carbocycles. The number of nitrogens with zero attached hydrogens (tertiary/aromatic N) is 1. The van der Waals surface area contributed by atoms with Gasteiger partial charge in [-0.1, -0.05) is 53.2 Å². The monoisotopic (exact) mass is 343 g/mol. The van der Waals surface area contributed by atoms with Crippen LogP contribution in [-0.2, 0) is 0 Å². The van der Waals surface area contributed by atoms with Crippen LogP contribution in [0, 0.1) is 6.92 Å². The van der Waals surface area contributed by atoms with Gasteiger partial charge < -0.3 is 0 Å². The zero-order valence-electron chi connectivity index (χ0n) is 12.3. The molecule has 0 radical (unpaired) electrons. The Morgan fingerprint density at radius 1 is 1.13 bits per heavy atom. The summed E-state index contributed by atoms with van der Waals surface area (Å²) in [6.07, 6.45) is 0. The molecule has 2 aromatic carbocycles. The number of carbonyl (C=O) groups excluding carboxylic acids is 1. The van der Waals surface area contributed by atoms with Crippen molar-refractivity contribution >= 4 is 40.1 Å². The number of amidine groups is 1. The molecule has 116 valence electrons. The van der Waals surface area contributed by atoms with Crippen molar-refractivity contribution in [2.45, 2.75) is 6.92 Å². The van der Waals surface area contributed by atoms with Crippen LogP contribution in [0.4, 0.5) is 0 Å². The van der Waals surface area contributed by atoms with Gasteiger partial charge in [0.05, 0.1) is 5.70 Å². The highest BCUT2D eigenvalue weighted by molar-refractivity contribution is 8.16. The number of carbonyl (C=O) groups is 1. The summed E-state index contributed by atoms with van der Waals surface area (Å²) in [5.74, 6) is -0.220. The van der Waals surface area contributed by atoms with Crippen molar-refractivity contribution in [3.63, 3.8) is 0 Å². The summed E-state index contributed by atoms with van der Waals surface area (Å²) >= 11 is 7.18. The molecule has 6 heteroatoms. The summed E-state index contributed by atoms with van der Waals surface area (Å²) in [5, 5.41) is 9.98. The summed E-state index contributed by atoms with van der Waals surface area (Å²) < 4.78 is 0. The second-order valence-corrected chi connectivity index (χ2v) is 6.30. The van der Waals surface area contributed by atoms with Crippen LogP contribution in [0.15, 0.2) is 59.0 Å². The van der Waals surface area contributed by atoms with E-state index in [0.29, 0.717) is 15.8 Å². The van der Waals surface area contributed by atoms with E-state index in [2.05, 4.69) is 15.8 Å². The van der Waals surface area contributed by atoms with Gasteiger partial charge in [-0.25, -0.2) is 0 Å². The number of hydrazone groups is 1. The van der Waals surface area contributed by atoms with Gasteiger partial charge in [0, 0.05) is 21.6 Å². The summed E-state index contributed by atoms with van der Waals surface area (Å²) in [6.45, 7) is 2.05. The van der Waals surface area contributed by atoms with E-state index < -0.39 is 0 Å². The lowest BCUT2D eigenvalue weighted by atomic mass is 10.1. The van der Waals surface area contributed by atoms with Gasteiger partial charge in [-0.3, -0.25) is 15.5 Å². The minimum absolute atomic E-state index is 0.220. The van der Waals surface area contributed by atoms with E-state index in [9.17, 15) is 4.79 Å². The number of thioether (sulfide) groups is 1. The Labute approximate surface area is 143 Å². The SMILES string of the molecule is Cc1ccc(C2=CSC(NC(=O)c3ccc(Cl)cc3)=NN2)cc1. The lowest BCUT2D eigenvalue weighted by molar-refractivity contribution is 0.0978. The molecule has 0 aromatic heterocycles. The molecule has 0 aliphatic carbocycles. The molecule has 0 unspecified atom stereocenters. The minimum Gasteiger partial charge on any atom is -0.299 e. The quantitative estimate of drug-likeness (QED) is 0.867. The van der Waals surface area contributed by atoms with Gasteiger partial charge in [-0.05, 0) is 31.2 Å². The van der Waals surface area contributed by atoms with E-state index in [4.69, 9.17) is 11.6 Å². The van der Waals surface area contributed by atoms with Crippen LogP contribution in [-0.4, -0.2) is 11.1 Å². The third-order valence-electron chi connectivity index (χ3n) is 3.26. The van der Waals surface area contributed by atoms with Crippen molar-refractivity contribution in [1.29, 1.82) is 0 Å². The summed E-state index contributed by atoms with van der Waals surface area (Å²) in [5.41, 5.74) is 6.66. The molecule has 1 aliphatic heterocycles. The van der Waals surface area contributed by atoms with E-state index in [0.717, 1.165) is 11.3 Å². The normalized spacial score (nSPS) is 13.7. The lowest BCUT2D eigenvalue weighted by Gasteiger charge is -2.15. The second kappa shape index (κ2) is 6.89. The van der Waals surface area contributed by atoms with Gasteiger partial charge in [0.1, 0.15) is 0 Å². The number of halogens is 1. The molecular formula is C17H14ClN3OS. The zero-order valence-corrected chi connectivity index (χ0v) is 13.9. The van der Waals surface area contributed by atoms with E-state index >= 15 is 0 Å². The minimum atomic E-state index is -0.220. The topological polar surface area (TPSA) is 53.5 Å². The highest BCUT2D eigenvalue weighted by Crippen LogP contribution is 2.21. The maximum absolute atomic E-state index is 12.1. The molecule has 23 heavy (non-hydrogen) atoms. The van der Waals surface area contributed by atoms with E-state index in [-0.39, 0.29) is 5.91 Å². The predicted octanol–water partition coefficient (Wildman–Crippen LogP) is 3.98. The van der Waals surface area contributed by atoms with Gasteiger partial charge in [0.15, 0.2) is 5.17 Å². The molecule has 1 aliphatic rings. The number of benzene rings is 2. The Bertz CT molecular complexity index is 782. The summed E-state index contributed by atoms with van der Waals surface area (Å²) in [7, 11) is 0. The number of aryl methyl sites for hydroxylation is 1. The van der Waals surface area contributed by atoms with Gasteiger partial charge in [-0.15, -0.1) is 5.10 Å². The fourth-order valence-corrected chi connectivity index (χ4v) is 2.77. The van der Waals surface area contributed by atoms with Crippen LogP contribution in [0.25, 0.3) is 5.70 Å². The van der Waals surface area contributed by atoms with E-state index in [1.165, 1.54) is 17.3 Å². The molecule has 0 spiro atoms.